The molecular formula is C14H17ClN2O2. The van der Waals surface area contributed by atoms with Crippen LogP contribution in [-0.4, -0.2) is 18.1 Å². The van der Waals surface area contributed by atoms with E-state index < -0.39 is 5.97 Å². The summed E-state index contributed by atoms with van der Waals surface area (Å²) in [5, 5.41) is 0.116. The number of nitrogen functional groups attached to an aromatic ring is 1. The zero-order valence-electron chi connectivity index (χ0n) is 11.5. The van der Waals surface area contributed by atoms with Gasteiger partial charge in [-0.3, -0.25) is 0 Å². The number of allylic oxidation sites excluding steroid dienone is 4. The lowest BCUT2D eigenvalue weighted by Crippen LogP contribution is -2.08. The Morgan fingerprint density at radius 3 is 2.53 bits per heavy atom. The van der Waals surface area contributed by atoms with Gasteiger partial charge in [-0.1, -0.05) is 29.3 Å². The molecule has 0 fully saturated rings. The van der Waals surface area contributed by atoms with Gasteiger partial charge in [0.2, 0.25) is 0 Å². The second-order valence-electron chi connectivity index (χ2n) is 4.34. The van der Waals surface area contributed by atoms with Gasteiger partial charge in [0.25, 0.3) is 0 Å². The van der Waals surface area contributed by atoms with Crippen LogP contribution in [0.2, 0.25) is 5.02 Å². The number of rotatable bonds is 3. The first-order valence-electron chi connectivity index (χ1n) is 5.73. The van der Waals surface area contributed by atoms with Crippen LogP contribution in [-0.2, 0) is 4.74 Å². The number of anilines is 1. The van der Waals surface area contributed by atoms with Crippen molar-refractivity contribution in [2.45, 2.75) is 20.8 Å². The zero-order valence-corrected chi connectivity index (χ0v) is 12.2. The van der Waals surface area contributed by atoms with Crippen molar-refractivity contribution in [3.8, 4) is 0 Å². The minimum Gasteiger partial charge on any atom is -0.464 e. The highest BCUT2D eigenvalue weighted by Crippen LogP contribution is 2.26. The molecule has 0 saturated heterocycles. The topological polar surface area (TPSA) is 65.2 Å². The smallest absolute Gasteiger partial charge is 0.358 e. The highest BCUT2D eigenvalue weighted by molar-refractivity contribution is 6.35. The molecule has 0 saturated carbocycles. The summed E-state index contributed by atoms with van der Waals surface area (Å²) in [6, 6.07) is 1.64. The molecule has 0 unspecified atom stereocenters. The molecule has 1 aromatic rings. The summed E-state index contributed by atoms with van der Waals surface area (Å²) in [6.45, 7) is 5.87. The van der Waals surface area contributed by atoms with Crippen molar-refractivity contribution in [1.82, 2.24) is 4.98 Å². The fourth-order valence-electron chi connectivity index (χ4n) is 1.36. The highest BCUT2D eigenvalue weighted by atomic mass is 35.5. The molecule has 1 rings (SSSR count). The highest BCUT2D eigenvalue weighted by Gasteiger charge is 2.17. The Kier molecular flexibility index (Phi) is 5.12. The molecule has 0 bridgehead atoms. The number of nitrogens with two attached hydrogens (primary N) is 1. The van der Waals surface area contributed by atoms with Crippen LogP contribution in [0, 0.1) is 0 Å². The number of carbonyl (C=O) groups excluding carboxylic acids is 1. The summed E-state index contributed by atoms with van der Waals surface area (Å²) in [5.74, 6) is -0.603. The molecule has 2 N–H and O–H groups in total. The summed E-state index contributed by atoms with van der Waals surface area (Å²) in [4.78, 5) is 15.8. The van der Waals surface area contributed by atoms with E-state index in [2.05, 4.69) is 9.72 Å². The van der Waals surface area contributed by atoms with Gasteiger partial charge in [-0.15, -0.1) is 0 Å². The lowest BCUT2D eigenvalue weighted by molar-refractivity contribution is 0.0594. The van der Waals surface area contributed by atoms with Crippen molar-refractivity contribution in [3.05, 3.63) is 40.2 Å². The Labute approximate surface area is 117 Å². The van der Waals surface area contributed by atoms with Crippen LogP contribution in [0.25, 0.3) is 5.57 Å². The lowest BCUT2D eigenvalue weighted by atomic mass is 10.1. The van der Waals surface area contributed by atoms with Crippen LogP contribution in [0.5, 0.6) is 0 Å². The Bertz CT molecular complexity index is 559. The monoisotopic (exact) mass is 280 g/mol. The molecule has 19 heavy (non-hydrogen) atoms. The van der Waals surface area contributed by atoms with E-state index in [0.29, 0.717) is 11.4 Å². The summed E-state index contributed by atoms with van der Waals surface area (Å²) in [7, 11) is 1.27. The molecular weight excluding hydrogens is 264 g/mol. The van der Waals surface area contributed by atoms with Gasteiger partial charge >= 0.3 is 5.97 Å². The number of nitrogens with zero attached hydrogens (tertiary/aromatic N) is 1. The first-order chi connectivity index (χ1) is 8.86. The number of hydrogen-bond donors (Lipinski definition) is 1. The van der Waals surface area contributed by atoms with E-state index in [1.165, 1.54) is 7.11 Å². The average molecular weight is 281 g/mol. The molecule has 5 heteroatoms. The van der Waals surface area contributed by atoms with Gasteiger partial charge < -0.3 is 10.5 Å². The number of esters is 1. The SMILES string of the molecule is COC(=O)c1nc(C(C)=CC=C(C)C)cc(N)c1Cl. The predicted molar refractivity (Wildman–Crippen MR) is 78.1 cm³/mol. The molecule has 0 amide bonds. The molecule has 1 heterocycles. The van der Waals surface area contributed by atoms with Crippen molar-refractivity contribution in [2.75, 3.05) is 12.8 Å². The van der Waals surface area contributed by atoms with E-state index in [-0.39, 0.29) is 10.7 Å². The molecule has 4 nitrogen and oxygen atoms in total. The number of aromatic nitrogens is 1. The Balaban J connectivity index is 3.31. The maximum absolute atomic E-state index is 11.6. The normalized spacial score (nSPS) is 11.1. The number of carbonyl (C=O) groups is 1. The molecule has 0 aliphatic carbocycles. The summed E-state index contributed by atoms with van der Waals surface area (Å²) in [5.41, 5.74) is 8.76. The maximum atomic E-state index is 11.6. The van der Waals surface area contributed by atoms with E-state index in [1.807, 2.05) is 32.9 Å². The molecule has 0 aliphatic heterocycles. The van der Waals surface area contributed by atoms with Crippen LogP contribution in [0.1, 0.15) is 37.0 Å². The van der Waals surface area contributed by atoms with Crippen molar-refractivity contribution in [2.24, 2.45) is 0 Å². The van der Waals surface area contributed by atoms with E-state index in [9.17, 15) is 4.79 Å². The van der Waals surface area contributed by atoms with Crippen molar-refractivity contribution in [1.29, 1.82) is 0 Å². The van der Waals surface area contributed by atoms with Gasteiger partial charge in [0.15, 0.2) is 5.69 Å². The second-order valence-corrected chi connectivity index (χ2v) is 4.72. The van der Waals surface area contributed by atoms with Crippen LogP contribution < -0.4 is 5.73 Å². The quantitative estimate of drug-likeness (QED) is 0.680. The third kappa shape index (κ3) is 3.83. The zero-order chi connectivity index (χ0) is 14.6. The molecule has 0 aliphatic rings. The first kappa shape index (κ1) is 15.2. The molecule has 0 spiro atoms. The number of hydrogen-bond acceptors (Lipinski definition) is 4. The number of methoxy groups -OCH3 is 1. The fourth-order valence-corrected chi connectivity index (χ4v) is 1.53. The summed E-state index contributed by atoms with van der Waals surface area (Å²) < 4.78 is 4.63. The number of pyridine rings is 1. The standard InChI is InChI=1S/C14H17ClN2O2/c1-8(2)5-6-9(3)11-7-10(16)12(15)13(17-11)14(18)19-4/h5-7H,1-4H3,(H2,16,17). The minimum atomic E-state index is -0.603. The lowest BCUT2D eigenvalue weighted by Gasteiger charge is -2.08. The van der Waals surface area contributed by atoms with Gasteiger partial charge in [-0.05, 0) is 32.4 Å². The van der Waals surface area contributed by atoms with E-state index in [1.54, 1.807) is 6.07 Å². The van der Waals surface area contributed by atoms with Crippen molar-refractivity contribution >= 4 is 28.8 Å². The Morgan fingerprint density at radius 1 is 1.37 bits per heavy atom. The number of ether oxygens (including phenoxy) is 1. The molecule has 102 valence electrons. The molecule has 0 atom stereocenters. The third-order valence-electron chi connectivity index (χ3n) is 2.44. The van der Waals surface area contributed by atoms with Crippen LogP contribution in [0.15, 0.2) is 23.8 Å². The summed E-state index contributed by atoms with van der Waals surface area (Å²) >= 11 is 5.95. The third-order valence-corrected chi connectivity index (χ3v) is 2.83. The van der Waals surface area contributed by atoms with Gasteiger partial charge in [-0.2, -0.15) is 0 Å². The van der Waals surface area contributed by atoms with Gasteiger partial charge in [0, 0.05) is 0 Å². The Morgan fingerprint density at radius 2 is 2.00 bits per heavy atom. The van der Waals surface area contributed by atoms with Crippen LogP contribution in [0.3, 0.4) is 0 Å². The fraction of sp³-hybridized carbons (Fsp3) is 0.286. The average Bonchev–Trinajstić information content (AvgIpc) is 2.37. The van der Waals surface area contributed by atoms with E-state index in [0.717, 1.165) is 11.1 Å². The molecule has 1 aromatic heterocycles. The van der Waals surface area contributed by atoms with Crippen molar-refractivity contribution < 1.29 is 9.53 Å². The van der Waals surface area contributed by atoms with Crippen molar-refractivity contribution in [3.63, 3.8) is 0 Å². The van der Waals surface area contributed by atoms with E-state index >= 15 is 0 Å². The first-order valence-corrected chi connectivity index (χ1v) is 6.11. The number of halogens is 1. The van der Waals surface area contributed by atoms with Crippen LogP contribution in [0.4, 0.5) is 5.69 Å². The maximum Gasteiger partial charge on any atom is 0.358 e. The largest absolute Gasteiger partial charge is 0.464 e. The Hall–Kier alpha value is -1.81. The van der Waals surface area contributed by atoms with Gasteiger partial charge in [0.1, 0.15) is 0 Å². The second kappa shape index (κ2) is 6.38. The minimum absolute atomic E-state index is 0.0316. The molecule has 0 radical (unpaired) electrons. The van der Waals surface area contributed by atoms with E-state index in [4.69, 9.17) is 17.3 Å². The molecule has 0 aromatic carbocycles. The predicted octanol–water partition coefficient (Wildman–Crippen LogP) is 3.47. The van der Waals surface area contributed by atoms with Gasteiger partial charge in [0.05, 0.1) is 23.5 Å². The van der Waals surface area contributed by atoms with Crippen LogP contribution >= 0.6 is 11.6 Å². The van der Waals surface area contributed by atoms with Gasteiger partial charge in [-0.25, -0.2) is 9.78 Å². The summed E-state index contributed by atoms with van der Waals surface area (Å²) in [6.07, 6.45) is 3.87.